The van der Waals surface area contributed by atoms with Gasteiger partial charge < -0.3 is 170 Å². The maximum Gasteiger partial charge on any atom is 0.373 e. The first-order chi connectivity index (χ1) is 53.8. The fourth-order valence-corrected chi connectivity index (χ4v) is 11.4. The minimum absolute atomic E-state index is 0.112. The maximum absolute atomic E-state index is 15.4. The van der Waals surface area contributed by atoms with Gasteiger partial charge in [0.2, 0.25) is 58.9 Å². The molecule has 46 heteroatoms. The standard InChI is InChI=1S/C68H50O46/c69-13-35-47(88)55(107-59(93)15-1-23(70)39(80)24(71)2-15)57-67(104-35)110-60(94)18-7-29(76)42(83)33(8-18)102-53-22(66(100)108-57)12-34(46(87)51(53)92)103-52-21(11-32(79)45(86)50(52)91)65(99)109-58-56(111-112-61(95)16-3-25(72)40(81)26(73)4-16)54-36(105-68(58)114-113-62(96)17-5-27(74)41(82)28(75)6-17)14-101-63(97)19-9-30(77)43(84)48(89)37(19)38-20(64(98)106-54)10-31(78)44(85)49(38)90/h1-12,35-36,47,54-58,67-92H,13-14H2/t35-,36-,47-,54-,55+,56+,57-,58-,67+,68+/m1/s1. The molecular formula is C68H50O46. The van der Waals surface area contributed by atoms with Gasteiger partial charge in [0.1, 0.15) is 36.0 Å². The summed E-state index contributed by atoms with van der Waals surface area (Å²) in [5.41, 5.74) is -11.5. The number of carbonyl (C=O) groups is 8. The molecule has 0 aromatic heterocycles. The van der Waals surface area contributed by atoms with Crippen LogP contribution in [0.1, 0.15) is 82.9 Å². The van der Waals surface area contributed by atoms with Crippen molar-refractivity contribution in [1.82, 2.24) is 0 Å². The lowest BCUT2D eigenvalue weighted by Gasteiger charge is -2.42. The van der Waals surface area contributed by atoms with Crippen LogP contribution in [0.2, 0.25) is 0 Å². The maximum atomic E-state index is 15.4. The van der Waals surface area contributed by atoms with Crippen molar-refractivity contribution in [3.05, 3.63) is 117 Å². The van der Waals surface area contributed by atoms with Crippen molar-refractivity contribution in [3.63, 3.8) is 0 Å². The van der Waals surface area contributed by atoms with Crippen molar-refractivity contribution in [2.75, 3.05) is 13.2 Å². The SMILES string of the molecule is O=C(OO[C@@H]1O[C@@H]2COC(=O)c3cc(O)c(O)c(O)c3-c3c(cc(O)c(O)c3O)C(=O)O[C@H]2[C@H](OOC(=O)c2cc(O)c(O)c(O)c2)[C@H]1OC(=O)c1cc(O)c(O)c(O)c1Oc1cc2c(c(O)c1O)Oc1cc(cc(O)c1O)C(=O)O[C@@H]1O[C@H](CO)[C@@H](O)[C@H](OC(=O)c3cc(O)c(O)c(O)c3)[C@H]1OC2=O)c1cc(O)c(O)c(O)c1. The minimum Gasteiger partial charge on any atom is -0.504 e. The zero-order valence-corrected chi connectivity index (χ0v) is 55.8. The summed E-state index contributed by atoms with van der Waals surface area (Å²) < 4.78 is 56.1. The van der Waals surface area contributed by atoms with Gasteiger partial charge in [0.15, 0.2) is 134 Å². The Balaban J connectivity index is 0.997. The normalized spacial score (nSPS) is 20.5. The van der Waals surface area contributed by atoms with Crippen molar-refractivity contribution < 1.29 is 228 Å². The van der Waals surface area contributed by atoms with Crippen LogP contribution in [0.15, 0.2) is 72.8 Å². The van der Waals surface area contributed by atoms with Gasteiger partial charge in [0.25, 0.3) is 0 Å². The summed E-state index contributed by atoms with van der Waals surface area (Å²) in [4.78, 5) is 136. The number of fused-ring (bicyclic) bond motifs is 8. The van der Waals surface area contributed by atoms with E-state index < -0.39 is 328 Å². The van der Waals surface area contributed by atoms with E-state index in [0.717, 1.165) is 0 Å². The molecule has 2 saturated heterocycles. The number of aliphatic hydroxyl groups is 2. The monoisotopic (exact) mass is 1600 g/mol. The number of rotatable bonds is 13. The number of esters is 6. The highest BCUT2D eigenvalue weighted by Crippen LogP contribution is 2.57. The van der Waals surface area contributed by atoms with Crippen molar-refractivity contribution in [1.29, 1.82) is 0 Å². The van der Waals surface area contributed by atoms with Crippen molar-refractivity contribution in [3.8, 4) is 161 Å². The fraction of sp³-hybridized carbons (Fsp3) is 0.176. The number of aromatic hydroxyl groups is 22. The van der Waals surface area contributed by atoms with Gasteiger partial charge in [-0.25, -0.2) is 38.4 Å². The van der Waals surface area contributed by atoms with E-state index >= 15 is 4.79 Å². The van der Waals surface area contributed by atoms with E-state index in [2.05, 4.69) is 0 Å². The van der Waals surface area contributed by atoms with Gasteiger partial charge in [0.05, 0.1) is 40.0 Å². The number of phenols is 22. The molecule has 0 amide bonds. The van der Waals surface area contributed by atoms with Crippen LogP contribution in [-0.2, 0) is 57.4 Å². The number of phenolic OH excluding ortho intramolecular Hbond substituents is 22. The quantitative estimate of drug-likeness (QED) is 0.0258. The predicted octanol–water partition coefficient (Wildman–Crippen LogP) is 2.05. The highest BCUT2D eigenvalue weighted by molar-refractivity contribution is 6.09. The lowest BCUT2D eigenvalue weighted by atomic mass is 9.92. The van der Waals surface area contributed by atoms with Gasteiger partial charge in [-0.3, -0.25) is 9.78 Å². The summed E-state index contributed by atoms with van der Waals surface area (Å²) >= 11 is 0. The summed E-state index contributed by atoms with van der Waals surface area (Å²) in [6.07, 6.45) is -26.2. The molecule has 8 aromatic carbocycles. The van der Waals surface area contributed by atoms with E-state index in [4.69, 9.17) is 66.9 Å². The van der Waals surface area contributed by atoms with Crippen LogP contribution >= 0.6 is 0 Å². The van der Waals surface area contributed by atoms with Gasteiger partial charge in [-0.1, -0.05) is 0 Å². The van der Waals surface area contributed by atoms with Crippen molar-refractivity contribution in [2.24, 2.45) is 0 Å². The Bertz CT molecular complexity index is 5330. The van der Waals surface area contributed by atoms with Gasteiger partial charge in [-0.15, -0.1) is 4.89 Å². The molecule has 0 spiro atoms. The van der Waals surface area contributed by atoms with E-state index in [1.807, 2.05) is 0 Å². The molecule has 2 fully saturated rings. The molecule has 12 rings (SSSR count). The Morgan fingerprint density at radius 2 is 0.868 bits per heavy atom. The second-order valence-electron chi connectivity index (χ2n) is 24.2. The van der Waals surface area contributed by atoms with Crippen LogP contribution in [0.5, 0.6) is 149 Å². The molecule has 4 heterocycles. The Labute approximate surface area is 626 Å². The first-order valence-corrected chi connectivity index (χ1v) is 31.5. The van der Waals surface area contributed by atoms with Crippen LogP contribution in [0.3, 0.4) is 0 Å². The molecule has 0 radical (unpaired) electrons. The average molecular weight is 1600 g/mol. The summed E-state index contributed by atoms with van der Waals surface area (Å²) in [6.45, 7) is -2.76. The van der Waals surface area contributed by atoms with Gasteiger partial charge in [0, 0.05) is 23.3 Å². The summed E-state index contributed by atoms with van der Waals surface area (Å²) in [5.74, 6) is -52.0. The van der Waals surface area contributed by atoms with Gasteiger partial charge >= 0.3 is 47.8 Å². The number of hydrogen-bond acceptors (Lipinski definition) is 46. The van der Waals surface area contributed by atoms with E-state index in [1.165, 1.54) is 0 Å². The van der Waals surface area contributed by atoms with Crippen LogP contribution in [0.25, 0.3) is 11.1 Å². The number of aliphatic hydroxyl groups excluding tert-OH is 2. The number of carbonyl (C=O) groups excluding carboxylic acids is 8. The van der Waals surface area contributed by atoms with E-state index in [0.29, 0.717) is 54.6 Å². The third-order valence-electron chi connectivity index (χ3n) is 17.1. The molecule has 4 aliphatic heterocycles. The first kappa shape index (κ1) is 78.1. The number of ether oxygens (including phenoxy) is 10. The van der Waals surface area contributed by atoms with Crippen LogP contribution in [0, 0.1) is 0 Å². The summed E-state index contributed by atoms with van der Waals surface area (Å²) in [5, 5.41) is 259. The molecule has 0 saturated carbocycles. The molecule has 24 N–H and O–H groups in total. The molecule has 2 bridgehead atoms. The topological polar surface area (TPSA) is 751 Å². The van der Waals surface area contributed by atoms with E-state index in [-0.39, 0.29) is 18.2 Å². The smallest absolute Gasteiger partial charge is 0.373 e. The zero-order valence-electron chi connectivity index (χ0n) is 55.8. The van der Waals surface area contributed by atoms with Crippen LogP contribution in [-0.4, -0.2) is 245 Å². The largest absolute Gasteiger partial charge is 0.504 e. The second kappa shape index (κ2) is 29.8. The zero-order chi connectivity index (χ0) is 83.0. The highest BCUT2D eigenvalue weighted by atomic mass is 17.2. The third-order valence-corrected chi connectivity index (χ3v) is 17.1. The molecule has 8 aromatic rings. The second-order valence-corrected chi connectivity index (χ2v) is 24.2. The number of cyclic esters (lactones) is 1. The van der Waals surface area contributed by atoms with E-state index in [9.17, 15) is 156 Å². The molecule has 598 valence electrons. The first-order valence-electron chi connectivity index (χ1n) is 31.5. The molecule has 10 atom stereocenters. The summed E-state index contributed by atoms with van der Waals surface area (Å²) in [7, 11) is 0. The summed E-state index contributed by atoms with van der Waals surface area (Å²) in [6, 6.07) is 4.76. The minimum atomic E-state index is -3.05. The van der Waals surface area contributed by atoms with Gasteiger partial charge in [-0.2, -0.15) is 4.89 Å². The lowest BCUT2D eigenvalue weighted by Crippen LogP contribution is -2.62. The van der Waals surface area contributed by atoms with E-state index in [1.54, 1.807) is 0 Å². The molecule has 0 unspecified atom stereocenters. The molecule has 46 nitrogen and oxygen atoms in total. The molecule has 114 heavy (non-hydrogen) atoms. The Morgan fingerprint density at radius 1 is 0.404 bits per heavy atom. The van der Waals surface area contributed by atoms with Crippen LogP contribution in [0.4, 0.5) is 0 Å². The Hall–Kier alpha value is -15.5. The number of benzene rings is 8. The van der Waals surface area contributed by atoms with Crippen LogP contribution < -0.4 is 9.47 Å². The third kappa shape index (κ3) is 14.1. The Morgan fingerprint density at radius 3 is 1.41 bits per heavy atom. The van der Waals surface area contributed by atoms with Crippen molar-refractivity contribution >= 4 is 47.8 Å². The van der Waals surface area contributed by atoms with Crippen molar-refractivity contribution in [2.45, 2.75) is 61.4 Å². The average Bonchev–Trinajstić information content (AvgIpc) is 1.10. The lowest BCUT2D eigenvalue weighted by molar-refractivity contribution is -0.421. The Kier molecular flexibility index (Phi) is 20.4. The predicted molar refractivity (Wildman–Crippen MR) is 347 cm³/mol. The number of hydrogen-bond donors (Lipinski definition) is 24. The molecule has 0 aliphatic carbocycles. The fourth-order valence-electron chi connectivity index (χ4n) is 11.4. The molecule has 4 aliphatic rings. The van der Waals surface area contributed by atoms with Gasteiger partial charge in [-0.05, 0) is 60.7 Å². The molecular weight excluding hydrogens is 1550 g/mol. The highest BCUT2D eigenvalue weighted by Gasteiger charge is 2.57.